The molecule has 1 N–H and O–H groups in total. The molecule has 0 bridgehead atoms. The largest absolute Gasteiger partial charge is 0.496 e. The molecule has 0 aliphatic carbocycles. The van der Waals surface area contributed by atoms with Crippen LogP contribution in [0.5, 0.6) is 23.0 Å². The predicted octanol–water partition coefficient (Wildman–Crippen LogP) is 4.43. The molecule has 0 aromatic heterocycles. The van der Waals surface area contributed by atoms with Crippen molar-refractivity contribution in [3.8, 4) is 23.0 Å². The van der Waals surface area contributed by atoms with Crippen LogP contribution in [0.4, 0.5) is 0 Å². The van der Waals surface area contributed by atoms with Gasteiger partial charge in [-0.25, -0.2) is 0 Å². The second-order valence-electron chi connectivity index (χ2n) is 7.44. The second kappa shape index (κ2) is 11.1. The Morgan fingerprint density at radius 3 is 2.26 bits per heavy atom. The van der Waals surface area contributed by atoms with E-state index in [2.05, 4.69) is 58.2 Å². The highest BCUT2D eigenvalue weighted by Crippen LogP contribution is 2.42. The van der Waals surface area contributed by atoms with Crippen molar-refractivity contribution in [1.29, 1.82) is 0 Å². The molecule has 0 spiro atoms. The Morgan fingerprint density at radius 1 is 0.903 bits per heavy atom. The van der Waals surface area contributed by atoms with Gasteiger partial charge in [0.15, 0.2) is 11.5 Å². The molecule has 170 valence electrons. The third-order valence-corrected chi connectivity index (χ3v) is 6.47. The van der Waals surface area contributed by atoms with Crippen molar-refractivity contribution in [3.63, 3.8) is 0 Å². The lowest BCUT2D eigenvalue weighted by Crippen LogP contribution is -2.31. The summed E-state index contributed by atoms with van der Waals surface area (Å²) in [4.78, 5) is 2.34. The van der Waals surface area contributed by atoms with Crippen molar-refractivity contribution >= 4 is 15.9 Å². The first-order valence-corrected chi connectivity index (χ1v) is 11.6. The van der Waals surface area contributed by atoms with E-state index in [1.165, 1.54) is 11.1 Å². The van der Waals surface area contributed by atoms with Gasteiger partial charge in [-0.05, 0) is 64.8 Å². The normalized spacial score (nSPS) is 15.5. The summed E-state index contributed by atoms with van der Waals surface area (Å²) in [7, 11) is 5.04. The van der Waals surface area contributed by atoms with E-state index < -0.39 is 0 Å². The number of hydrogen-bond donors (Lipinski definition) is 1. The molecule has 0 saturated heterocycles. The lowest BCUT2D eigenvalue weighted by Gasteiger charge is -2.30. The molecule has 31 heavy (non-hydrogen) atoms. The Balaban J connectivity index is 1.96. The summed E-state index contributed by atoms with van der Waals surface area (Å²) in [5.74, 6) is 3.08. The first-order chi connectivity index (χ1) is 15.1. The highest BCUT2D eigenvalue weighted by Gasteiger charge is 2.27. The van der Waals surface area contributed by atoms with Gasteiger partial charge >= 0.3 is 0 Å². The number of rotatable bonds is 10. The molecular weight excluding hydrogens is 460 g/mol. The fourth-order valence-electron chi connectivity index (χ4n) is 4.05. The number of nitrogens with zero attached hydrogens (tertiary/aromatic N) is 1. The van der Waals surface area contributed by atoms with Gasteiger partial charge in [0.05, 0.1) is 31.8 Å². The number of hydrogen-bond acceptors (Lipinski definition) is 6. The number of benzene rings is 2. The van der Waals surface area contributed by atoms with Crippen LogP contribution in [-0.2, 0) is 6.42 Å². The van der Waals surface area contributed by atoms with Crippen LogP contribution < -0.4 is 24.3 Å². The summed E-state index contributed by atoms with van der Waals surface area (Å²) in [5.41, 5.74) is 3.49. The molecule has 7 heteroatoms. The number of likely N-dealkylation sites (N-methyl/N-ethyl adjacent to an activating group) is 1. The van der Waals surface area contributed by atoms with Gasteiger partial charge in [-0.3, -0.25) is 0 Å². The van der Waals surface area contributed by atoms with Crippen LogP contribution in [0, 0.1) is 0 Å². The van der Waals surface area contributed by atoms with Crippen molar-refractivity contribution in [2.75, 3.05) is 54.1 Å². The molecule has 2 aromatic rings. The van der Waals surface area contributed by atoms with E-state index in [-0.39, 0.29) is 6.04 Å². The summed E-state index contributed by atoms with van der Waals surface area (Å²) in [6.07, 6.45) is 0.932. The van der Waals surface area contributed by atoms with Crippen LogP contribution in [0.3, 0.4) is 0 Å². The molecule has 6 nitrogen and oxygen atoms in total. The maximum atomic E-state index is 6.17. The van der Waals surface area contributed by atoms with Crippen molar-refractivity contribution < 1.29 is 18.9 Å². The van der Waals surface area contributed by atoms with Gasteiger partial charge in [0.25, 0.3) is 0 Å². The molecule has 3 rings (SSSR count). The maximum Gasteiger partial charge on any atom is 0.161 e. The zero-order valence-electron chi connectivity index (χ0n) is 19.1. The molecule has 0 radical (unpaired) electrons. The second-order valence-corrected chi connectivity index (χ2v) is 8.30. The van der Waals surface area contributed by atoms with E-state index in [4.69, 9.17) is 18.9 Å². The third-order valence-electron chi connectivity index (χ3n) is 5.85. The SMILES string of the molecule is CCN(CC)CCOc1cc2c(cc1OC)CCNC2c1cc(Br)c(OC)cc1OC. The van der Waals surface area contributed by atoms with E-state index in [9.17, 15) is 0 Å². The van der Waals surface area contributed by atoms with Gasteiger partial charge in [-0.2, -0.15) is 0 Å². The minimum Gasteiger partial charge on any atom is -0.496 e. The maximum absolute atomic E-state index is 6.17. The van der Waals surface area contributed by atoms with Crippen LogP contribution in [0.2, 0.25) is 0 Å². The highest BCUT2D eigenvalue weighted by atomic mass is 79.9. The molecule has 1 aliphatic rings. The molecule has 1 unspecified atom stereocenters. The van der Waals surface area contributed by atoms with Crippen molar-refractivity contribution in [3.05, 3.63) is 45.4 Å². The van der Waals surface area contributed by atoms with Crippen LogP contribution in [-0.4, -0.2) is 59.0 Å². The molecular formula is C24H33BrN2O4. The predicted molar refractivity (Wildman–Crippen MR) is 127 cm³/mol. The third kappa shape index (κ3) is 5.27. The fraction of sp³-hybridized carbons (Fsp3) is 0.500. The van der Waals surface area contributed by atoms with Gasteiger partial charge < -0.3 is 29.2 Å². The minimum atomic E-state index is -0.0167. The Bertz CT molecular complexity index is 886. The summed E-state index contributed by atoms with van der Waals surface area (Å²) < 4.78 is 23.9. The lowest BCUT2D eigenvalue weighted by atomic mass is 9.89. The lowest BCUT2D eigenvalue weighted by molar-refractivity contribution is 0.217. The van der Waals surface area contributed by atoms with Crippen LogP contribution in [0.25, 0.3) is 0 Å². The van der Waals surface area contributed by atoms with E-state index in [0.717, 1.165) is 65.6 Å². The number of methoxy groups -OCH3 is 3. The molecule has 1 aliphatic heterocycles. The summed E-state index contributed by atoms with van der Waals surface area (Å²) >= 11 is 3.62. The first-order valence-electron chi connectivity index (χ1n) is 10.8. The first kappa shape index (κ1) is 23.7. The van der Waals surface area contributed by atoms with Gasteiger partial charge in [-0.1, -0.05) is 13.8 Å². The average Bonchev–Trinajstić information content (AvgIpc) is 2.80. The molecule has 2 aromatic carbocycles. The van der Waals surface area contributed by atoms with E-state index in [1.807, 2.05) is 6.07 Å². The van der Waals surface area contributed by atoms with Crippen LogP contribution in [0.1, 0.15) is 36.6 Å². The molecule has 0 amide bonds. The topological polar surface area (TPSA) is 52.2 Å². The Morgan fingerprint density at radius 2 is 1.61 bits per heavy atom. The zero-order chi connectivity index (χ0) is 22.4. The number of nitrogens with one attached hydrogen (secondary N) is 1. The highest BCUT2D eigenvalue weighted by molar-refractivity contribution is 9.10. The Hall–Kier alpha value is -1.96. The average molecular weight is 493 g/mol. The Kier molecular flexibility index (Phi) is 8.46. The zero-order valence-corrected chi connectivity index (χ0v) is 20.7. The van der Waals surface area contributed by atoms with Crippen LogP contribution in [0.15, 0.2) is 28.7 Å². The summed E-state index contributed by atoms with van der Waals surface area (Å²) in [5, 5.41) is 3.64. The van der Waals surface area contributed by atoms with Gasteiger partial charge in [-0.15, -0.1) is 0 Å². The van der Waals surface area contributed by atoms with Gasteiger partial charge in [0.2, 0.25) is 0 Å². The summed E-state index contributed by atoms with van der Waals surface area (Å²) in [6, 6.07) is 8.19. The van der Waals surface area contributed by atoms with E-state index in [1.54, 1.807) is 21.3 Å². The molecule has 0 saturated carbocycles. The van der Waals surface area contributed by atoms with E-state index >= 15 is 0 Å². The standard InChI is InChI=1S/C24H33BrN2O4/c1-6-27(7-2)10-11-31-23-14-17-16(12-22(23)30-5)8-9-26-24(17)18-13-19(25)21(29-4)15-20(18)28-3/h12-15,24,26H,6-11H2,1-5H3. The Labute approximate surface area is 193 Å². The van der Waals surface area contributed by atoms with Crippen molar-refractivity contribution in [1.82, 2.24) is 10.2 Å². The molecule has 1 heterocycles. The number of halogens is 1. The summed E-state index contributed by atoms with van der Waals surface area (Å²) in [6.45, 7) is 8.73. The van der Waals surface area contributed by atoms with E-state index in [0.29, 0.717) is 6.61 Å². The fourth-order valence-corrected chi connectivity index (χ4v) is 4.57. The smallest absolute Gasteiger partial charge is 0.161 e. The number of fused-ring (bicyclic) bond motifs is 1. The molecule has 0 fully saturated rings. The van der Waals surface area contributed by atoms with Crippen LogP contribution >= 0.6 is 15.9 Å². The minimum absolute atomic E-state index is 0.0167. The van der Waals surface area contributed by atoms with Gasteiger partial charge in [0, 0.05) is 24.7 Å². The molecule has 1 atom stereocenters. The quantitative estimate of drug-likeness (QED) is 0.529. The van der Waals surface area contributed by atoms with Gasteiger partial charge in [0.1, 0.15) is 18.1 Å². The monoisotopic (exact) mass is 492 g/mol. The van der Waals surface area contributed by atoms with Crippen molar-refractivity contribution in [2.45, 2.75) is 26.3 Å². The van der Waals surface area contributed by atoms with Crippen molar-refractivity contribution in [2.24, 2.45) is 0 Å². The number of ether oxygens (including phenoxy) is 4.